The largest absolute Gasteiger partial charge is 0.486 e. The van der Waals surface area contributed by atoms with Gasteiger partial charge in [0.1, 0.15) is 12.4 Å². The Hall–Kier alpha value is -1.78. The van der Waals surface area contributed by atoms with Crippen LogP contribution in [0.25, 0.3) is 6.08 Å². The van der Waals surface area contributed by atoms with Gasteiger partial charge in [-0.2, -0.15) is 0 Å². The highest BCUT2D eigenvalue weighted by atomic mass is 35.5. The number of halogens is 1. The van der Waals surface area contributed by atoms with Crippen LogP contribution in [0, 0.1) is 6.92 Å². The number of aryl methyl sites for hydroxylation is 1. The van der Waals surface area contributed by atoms with Crippen LogP contribution in [0.2, 0.25) is 5.02 Å². The number of rotatable bonds is 5. The highest BCUT2D eigenvalue weighted by Gasteiger charge is 2.06. The van der Waals surface area contributed by atoms with Crippen molar-refractivity contribution in [2.45, 2.75) is 13.5 Å². The quantitative estimate of drug-likeness (QED) is 0.833. The van der Waals surface area contributed by atoms with Crippen LogP contribution in [0.4, 0.5) is 0 Å². The average Bonchev–Trinajstić information content (AvgIpc) is 2.85. The maximum absolute atomic E-state index is 10.5. The summed E-state index contributed by atoms with van der Waals surface area (Å²) in [6.45, 7) is 2.33. The van der Waals surface area contributed by atoms with E-state index in [4.69, 9.17) is 21.4 Å². The molecule has 20 heavy (non-hydrogen) atoms. The lowest BCUT2D eigenvalue weighted by atomic mass is 10.2. The molecule has 0 unspecified atom stereocenters. The molecule has 0 bridgehead atoms. The second-order valence-electron chi connectivity index (χ2n) is 4.19. The number of hydrogen-bond donors (Lipinski definition) is 1. The lowest BCUT2D eigenvalue weighted by molar-refractivity contribution is -0.131. The van der Waals surface area contributed by atoms with Gasteiger partial charge in [-0.3, -0.25) is 0 Å². The fourth-order valence-electron chi connectivity index (χ4n) is 1.64. The Morgan fingerprint density at radius 1 is 1.45 bits per heavy atom. The molecule has 104 valence electrons. The SMILES string of the molecule is Cc1ccc(Cl)c(OCc2sccc2C=CC(=O)O)c1. The average molecular weight is 309 g/mol. The number of benzene rings is 1. The van der Waals surface area contributed by atoms with Crippen molar-refractivity contribution in [3.63, 3.8) is 0 Å². The van der Waals surface area contributed by atoms with E-state index < -0.39 is 5.97 Å². The van der Waals surface area contributed by atoms with Crippen molar-refractivity contribution in [3.05, 3.63) is 56.7 Å². The van der Waals surface area contributed by atoms with Gasteiger partial charge in [-0.25, -0.2) is 4.79 Å². The first kappa shape index (κ1) is 14.6. The van der Waals surface area contributed by atoms with Crippen molar-refractivity contribution in [3.8, 4) is 5.75 Å². The van der Waals surface area contributed by atoms with Gasteiger partial charge < -0.3 is 9.84 Å². The van der Waals surface area contributed by atoms with Crippen LogP contribution in [0.5, 0.6) is 5.75 Å². The predicted octanol–water partition coefficient (Wildman–Crippen LogP) is 4.39. The fraction of sp³-hybridized carbons (Fsp3) is 0.133. The van der Waals surface area contributed by atoms with Crippen molar-refractivity contribution in [2.75, 3.05) is 0 Å². The van der Waals surface area contributed by atoms with Gasteiger partial charge >= 0.3 is 5.97 Å². The number of carboxylic acids is 1. The van der Waals surface area contributed by atoms with E-state index in [9.17, 15) is 4.79 Å². The van der Waals surface area contributed by atoms with E-state index in [0.29, 0.717) is 17.4 Å². The second-order valence-corrected chi connectivity index (χ2v) is 5.60. The molecule has 0 saturated heterocycles. The van der Waals surface area contributed by atoms with E-state index in [1.165, 1.54) is 11.3 Å². The standard InChI is InChI=1S/C15H13ClO3S/c1-10-2-4-12(16)13(8-10)19-9-14-11(6-7-20-14)3-5-15(17)18/h2-8H,9H2,1H3,(H,17,18). The van der Waals surface area contributed by atoms with Gasteiger partial charge in [-0.1, -0.05) is 17.7 Å². The Morgan fingerprint density at radius 2 is 2.25 bits per heavy atom. The highest BCUT2D eigenvalue weighted by molar-refractivity contribution is 7.10. The van der Waals surface area contributed by atoms with Gasteiger partial charge in [0.15, 0.2) is 0 Å². The fourth-order valence-corrected chi connectivity index (χ4v) is 2.59. The summed E-state index contributed by atoms with van der Waals surface area (Å²) in [7, 11) is 0. The molecule has 0 spiro atoms. The molecule has 5 heteroatoms. The van der Waals surface area contributed by atoms with Crippen molar-refractivity contribution in [1.29, 1.82) is 0 Å². The monoisotopic (exact) mass is 308 g/mol. The molecule has 0 saturated carbocycles. The number of thiophene rings is 1. The van der Waals surface area contributed by atoms with E-state index in [1.807, 2.05) is 30.5 Å². The van der Waals surface area contributed by atoms with E-state index in [2.05, 4.69) is 0 Å². The zero-order chi connectivity index (χ0) is 14.5. The zero-order valence-corrected chi connectivity index (χ0v) is 12.4. The van der Waals surface area contributed by atoms with Gasteiger partial charge in [-0.15, -0.1) is 11.3 Å². The molecule has 2 rings (SSSR count). The lowest BCUT2D eigenvalue weighted by Gasteiger charge is -2.08. The Morgan fingerprint density at radius 3 is 3.00 bits per heavy atom. The maximum atomic E-state index is 10.5. The van der Waals surface area contributed by atoms with Crippen molar-refractivity contribution >= 4 is 35.0 Å². The number of carboxylic acid groups (broad SMARTS) is 1. The van der Waals surface area contributed by atoms with Crippen LogP contribution in [0.15, 0.2) is 35.7 Å². The smallest absolute Gasteiger partial charge is 0.328 e. The van der Waals surface area contributed by atoms with Crippen LogP contribution < -0.4 is 4.74 Å². The molecular weight excluding hydrogens is 296 g/mol. The number of ether oxygens (including phenoxy) is 1. The lowest BCUT2D eigenvalue weighted by Crippen LogP contribution is -1.96. The Kier molecular flexibility index (Phi) is 4.82. The zero-order valence-electron chi connectivity index (χ0n) is 10.8. The molecule has 0 aliphatic heterocycles. The van der Waals surface area contributed by atoms with E-state index in [1.54, 1.807) is 12.1 Å². The molecule has 0 radical (unpaired) electrons. The molecular formula is C15H13ClO3S. The minimum absolute atomic E-state index is 0.361. The summed E-state index contributed by atoms with van der Waals surface area (Å²) in [6.07, 6.45) is 2.68. The summed E-state index contributed by atoms with van der Waals surface area (Å²) in [6, 6.07) is 7.45. The van der Waals surface area contributed by atoms with Crippen LogP contribution in [0.3, 0.4) is 0 Å². The number of aliphatic carboxylic acids is 1. The molecule has 0 fully saturated rings. The topological polar surface area (TPSA) is 46.5 Å². The van der Waals surface area contributed by atoms with Crippen LogP contribution >= 0.6 is 22.9 Å². The summed E-state index contributed by atoms with van der Waals surface area (Å²) in [5.41, 5.74) is 1.92. The van der Waals surface area contributed by atoms with Gasteiger partial charge in [0, 0.05) is 11.0 Å². The minimum atomic E-state index is -0.968. The van der Waals surface area contributed by atoms with Gasteiger partial charge in [0.05, 0.1) is 5.02 Å². The first-order valence-corrected chi connectivity index (χ1v) is 7.18. The first-order valence-electron chi connectivity index (χ1n) is 5.92. The molecule has 0 aliphatic carbocycles. The molecule has 0 amide bonds. The summed E-state index contributed by atoms with van der Waals surface area (Å²) in [5.74, 6) is -0.335. The van der Waals surface area contributed by atoms with Crippen molar-refractivity contribution in [2.24, 2.45) is 0 Å². The first-order chi connectivity index (χ1) is 9.56. The van der Waals surface area contributed by atoms with E-state index in [-0.39, 0.29) is 0 Å². The second kappa shape index (κ2) is 6.59. The van der Waals surface area contributed by atoms with Crippen LogP contribution in [0.1, 0.15) is 16.0 Å². The van der Waals surface area contributed by atoms with Gasteiger partial charge in [0.2, 0.25) is 0 Å². The summed E-state index contributed by atoms with van der Waals surface area (Å²) in [5, 5.41) is 11.1. The van der Waals surface area contributed by atoms with Gasteiger partial charge in [0.25, 0.3) is 0 Å². The molecule has 3 nitrogen and oxygen atoms in total. The minimum Gasteiger partial charge on any atom is -0.486 e. The Balaban J connectivity index is 2.10. The molecule has 2 aromatic rings. The summed E-state index contributed by atoms with van der Waals surface area (Å²) >= 11 is 7.58. The van der Waals surface area contributed by atoms with Crippen molar-refractivity contribution in [1.82, 2.24) is 0 Å². The van der Waals surface area contributed by atoms with Crippen LogP contribution in [-0.2, 0) is 11.4 Å². The highest BCUT2D eigenvalue weighted by Crippen LogP contribution is 2.27. The molecule has 1 heterocycles. The van der Waals surface area contributed by atoms with Crippen molar-refractivity contribution < 1.29 is 14.6 Å². The third kappa shape index (κ3) is 3.85. The molecule has 1 aromatic carbocycles. The summed E-state index contributed by atoms with van der Waals surface area (Å²) < 4.78 is 5.71. The molecule has 1 N–H and O–H groups in total. The van der Waals surface area contributed by atoms with E-state index >= 15 is 0 Å². The maximum Gasteiger partial charge on any atom is 0.328 e. The Bertz CT molecular complexity index is 646. The van der Waals surface area contributed by atoms with Gasteiger partial charge in [-0.05, 0) is 47.7 Å². The number of hydrogen-bond acceptors (Lipinski definition) is 3. The predicted molar refractivity (Wildman–Crippen MR) is 81.5 cm³/mol. The third-order valence-corrected chi connectivity index (χ3v) is 3.85. The van der Waals surface area contributed by atoms with E-state index in [0.717, 1.165) is 22.1 Å². The Labute approximate surface area is 126 Å². The third-order valence-electron chi connectivity index (χ3n) is 2.63. The molecule has 1 aromatic heterocycles. The van der Waals surface area contributed by atoms with Crippen LogP contribution in [-0.4, -0.2) is 11.1 Å². The summed E-state index contributed by atoms with van der Waals surface area (Å²) in [4.78, 5) is 11.5. The number of carbonyl (C=O) groups is 1. The molecule has 0 aliphatic rings. The normalized spacial score (nSPS) is 10.9. The molecule has 0 atom stereocenters.